The second-order valence-corrected chi connectivity index (χ2v) is 13.6. The summed E-state index contributed by atoms with van der Waals surface area (Å²) in [6.07, 6.45) is -9.17. The molecule has 3 saturated carbocycles. The van der Waals surface area contributed by atoms with Gasteiger partial charge < -0.3 is 38.3 Å². The number of esters is 7. The molecule has 1 heterocycles. The van der Waals surface area contributed by atoms with Crippen molar-refractivity contribution in [2.45, 2.75) is 129 Å². The van der Waals surface area contributed by atoms with Crippen molar-refractivity contribution in [2.75, 3.05) is 0 Å². The molecule has 15 heteroatoms. The highest BCUT2D eigenvalue weighted by molar-refractivity contribution is 5.75. The number of aliphatic hydroxyl groups is 1. The number of carbonyl (C=O) groups excluding carboxylic acids is 7. The van der Waals surface area contributed by atoms with E-state index < -0.39 is 119 Å². The normalized spacial score (nSPS) is 40.9. The zero-order valence-corrected chi connectivity index (χ0v) is 28.6. The first kappa shape index (κ1) is 36.8. The van der Waals surface area contributed by atoms with Crippen LogP contribution in [-0.4, -0.2) is 94.2 Å². The molecule has 12 unspecified atom stereocenters. The van der Waals surface area contributed by atoms with Gasteiger partial charge in [0.05, 0.1) is 17.8 Å². The van der Waals surface area contributed by atoms with Crippen LogP contribution in [0.3, 0.4) is 0 Å². The first-order chi connectivity index (χ1) is 22.1. The molecule has 1 aliphatic heterocycles. The molecule has 3 aliphatic carbocycles. The highest BCUT2D eigenvalue weighted by atomic mass is 16.6. The van der Waals surface area contributed by atoms with E-state index >= 15 is 0 Å². The van der Waals surface area contributed by atoms with Gasteiger partial charge in [-0.3, -0.25) is 33.6 Å². The maximum atomic E-state index is 13.4. The van der Waals surface area contributed by atoms with Crippen molar-refractivity contribution >= 4 is 41.8 Å². The Bertz CT molecular complexity index is 1440. The molecular weight excluding hydrogens is 636 g/mol. The molecule has 4 fully saturated rings. The van der Waals surface area contributed by atoms with Gasteiger partial charge >= 0.3 is 41.8 Å². The lowest BCUT2D eigenvalue weighted by Gasteiger charge is -2.56. The summed E-state index contributed by atoms with van der Waals surface area (Å²) in [6.45, 7) is 15.2. The fraction of sp³-hybridized carbons (Fsp3) is 0.727. The summed E-state index contributed by atoms with van der Waals surface area (Å²) in [6, 6.07) is 0. The van der Waals surface area contributed by atoms with Gasteiger partial charge in [0.1, 0.15) is 23.4 Å². The third-order valence-electron chi connectivity index (χ3n) is 10.5. The van der Waals surface area contributed by atoms with Crippen molar-refractivity contribution in [2.24, 2.45) is 23.2 Å². The number of carbonyl (C=O) groups is 7. The highest BCUT2D eigenvalue weighted by Crippen LogP contribution is 2.72. The van der Waals surface area contributed by atoms with E-state index in [9.17, 15) is 38.7 Å². The molecule has 1 spiro atoms. The van der Waals surface area contributed by atoms with Crippen LogP contribution >= 0.6 is 0 Å². The molecule has 0 amide bonds. The van der Waals surface area contributed by atoms with Gasteiger partial charge in [-0.15, -0.1) is 0 Å². The average molecular weight is 681 g/mol. The van der Waals surface area contributed by atoms with E-state index in [0.717, 1.165) is 34.6 Å². The zero-order valence-electron chi connectivity index (χ0n) is 28.6. The van der Waals surface area contributed by atoms with Crippen molar-refractivity contribution in [3.8, 4) is 0 Å². The summed E-state index contributed by atoms with van der Waals surface area (Å²) in [5, 5.41) is 12.9. The van der Waals surface area contributed by atoms with Gasteiger partial charge in [-0.25, -0.2) is 0 Å². The zero-order chi connectivity index (χ0) is 36.3. The first-order valence-corrected chi connectivity index (χ1v) is 15.8. The third-order valence-corrected chi connectivity index (χ3v) is 10.5. The summed E-state index contributed by atoms with van der Waals surface area (Å²) in [4.78, 5) is 91.3. The Kier molecular flexibility index (Phi) is 9.56. The van der Waals surface area contributed by atoms with E-state index in [-0.39, 0.29) is 18.4 Å². The Morgan fingerprint density at radius 2 is 1.35 bits per heavy atom. The summed E-state index contributed by atoms with van der Waals surface area (Å²) >= 11 is 0. The van der Waals surface area contributed by atoms with Crippen LogP contribution < -0.4 is 0 Å². The second kappa shape index (κ2) is 12.5. The molecule has 1 N–H and O–H groups in total. The van der Waals surface area contributed by atoms with Gasteiger partial charge in [-0.1, -0.05) is 13.5 Å². The smallest absolute Gasteiger partial charge is 0.306 e. The van der Waals surface area contributed by atoms with Gasteiger partial charge in [0.15, 0.2) is 23.9 Å². The van der Waals surface area contributed by atoms with Crippen molar-refractivity contribution in [3.05, 3.63) is 12.2 Å². The van der Waals surface area contributed by atoms with Crippen LogP contribution in [0.2, 0.25) is 0 Å². The molecule has 4 rings (SSSR count). The minimum atomic E-state index is -2.41. The minimum absolute atomic E-state index is 0.0251. The molecule has 0 radical (unpaired) electrons. The van der Waals surface area contributed by atoms with E-state index in [4.69, 9.17) is 33.2 Å². The van der Waals surface area contributed by atoms with Crippen LogP contribution in [0.25, 0.3) is 0 Å². The van der Waals surface area contributed by atoms with E-state index in [1.165, 1.54) is 27.7 Å². The summed E-state index contributed by atoms with van der Waals surface area (Å²) < 4.78 is 42.1. The van der Waals surface area contributed by atoms with Gasteiger partial charge in [0.2, 0.25) is 0 Å². The number of ether oxygens (including phenoxy) is 7. The van der Waals surface area contributed by atoms with Crippen LogP contribution in [0.4, 0.5) is 0 Å². The van der Waals surface area contributed by atoms with Gasteiger partial charge in [-0.2, -0.15) is 0 Å². The fourth-order valence-electron chi connectivity index (χ4n) is 9.32. The summed E-state index contributed by atoms with van der Waals surface area (Å²) in [7, 11) is 0. The molecule has 266 valence electrons. The molecule has 2 bridgehead atoms. The molecule has 1 saturated heterocycles. The minimum Gasteiger partial charge on any atom is -0.462 e. The van der Waals surface area contributed by atoms with E-state index in [1.54, 1.807) is 0 Å². The predicted molar refractivity (Wildman–Crippen MR) is 159 cm³/mol. The molecular formula is C33H44O15. The van der Waals surface area contributed by atoms with Crippen molar-refractivity contribution < 1.29 is 71.8 Å². The predicted octanol–water partition coefficient (Wildman–Crippen LogP) is 1.64. The Labute approximate surface area is 277 Å². The summed E-state index contributed by atoms with van der Waals surface area (Å²) in [5.74, 6) is -9.87. The quantitative estimate of drug-likeness (QED) is 0.220. The molecule has 4 aliphatic rings. The van der Waals surface area contributed by atoms with E-state index in [1.807, 2.05) is 0 Å². The average Bonchev–Trinajstić information content (AvgIpc) is 3.29. The SMILES string of the molecule is C=C(C)C1(O)C(OC(C)=O)C(OC(C)=O)C23C(OC(=O)CC)C(CC(OC(C)=O)C2C2(C)OC(=O)CC21)C(C)(OC(C)=O)C3OC(C)=O. The van der Waals surface area contributed by atoms with Crippen molar-refractivity contribution in [3.63, 3.8) is 0 Å². The fourth-order valence-corrected chi connectivity index (χ4v) is 9.32. The molecule has 48 heavy (non-hydrogen) atoms. The maximum absolute atomic E-state index is 13.4. The Balaban J connectivity index is 2.33. The second-order valence-electron chi connectivity index (χ2n) is 13.6. The van der Waals surface area contributed by atoms with Gasteiger partial charge in [-0.05, 0) is 32.8 Å². The molecule has 12 atom stereocenters. The lowest BCUT2D eigenvalue weighted by atomic mass is 9.54. The number of fused-ring (bicyclic) bond motifs is 3. The van der Waals surface area contributed by atoms with Crippen LogP contribution in [-0.2, 0) is 66.7 Å². The molecule has 15 nitrogen and oxygen atoms in total. The standard InChI is InChI=1S/C33H44O15/c1-11-23(39)46-26-20-12-21(42-15(4)34)25-31(10)22(13-24(40)48-31)33(41,14(2)3)28(44-17(6)36)27(43-16(5)35)32(25,26)29(45-18(7)37)30(20,9)47-19(8)38/h20-22,25-29,41H,2,11-13H2,1,3-10H3. The monoisotopic (exact) mass is 680 g/mol. The highest BCUT2D eigenvalue weighted by Gasteiger charge is 2.88. The summed E-state index contributed by atoms with van der Waals surface area (Å²) in [5.41, 5.74) is -8.45. The molecule has 0 aromatic carbocycles. The largest absolute Gasteiger partial charge is 0.462 e. The lowest BCUT2D eigenvalue weighted by molar-refractivity contribution is -0.264. The molecule has 0 aromatic rings. The van der Waals surface area contributed by atoms with Crippen LogP contribution in [0, 0.1) is 23.2 Å². The maximum Gasteiger partial charge on any atom is 0.306 e. The first-order valence-electron chi connectivity index (χ1n) is 15.8. The number of hydrogen-bond acceptors (Lipinski definition) is 15. The van der Waals surface area contributed by atoms with Gasteiger partial charge in [0.25, 0.3) is 0 Å². The Morgan fingerprint density at radius 1 is 0.812 bits per heavy atom. The van der Waals surface area contributed by atoms with Crippen LogP contribution in [0.15, 0.2) is 12.2 Å². The van der Waals surface area contributed by atoms with Gasteiger partial charge in [0, 0.05) is 52.9 Å². The van der Waals surface area contributed by atoms with E-state index in [2.05, 4.69) is 6.58 Å². The van der Waals surface area contributed by atoms with Crippen molar-refractivity contribution in [1.29, 1.82) is 0 Å². The Morgan fingerprint density at radius 3 is 1.83 bits per heavy atom. The van der Waals surface area contributed by atoms with Crippen molar-refractivity contribution in [1.82, 2.24) is 0 Å². The molecule has 0 aromatic heterocycles. The Hall–Kier alpha value is -4.01. The van der Waals surface area contributed by atoms with Crippen LogP contribution in [0.1, 0.15) is 81.6 Å². The third kappa shape index (κ3) is 5.43. The lowest BCUT2D eigenvalue weighted by Crippen LogP contribution is -2.70. The number of rotatable bonds is 8. The van der Waals surface area contributed by atoms with Crippen LogP contribution in [0.5, 0.6) is 0 Å². The topological polar surface area (TPSA) is 204 Å². The number of hydrogen-bond donors (Lipinski definition) is 1. The van der Waals surface area contributed by atoms with E-state index in [0.29, 0.717) is 0 Å².